The van der Waals surface area contributed by atoms with Gasteiger partial charge in [0.1, 0.15) is 0 Å². The third kappa shape index (κ3) is 4.10. The molecule has 4 rings (SSSR count). The number of piperidine rings is 1. The van der Waals surface area contributed by atoms with E-state index in [0.717, 1.165) is 38.2 Å². The second-order valence-corrected chi connectivity index (χ2v) is 7.23. The van der Waals surface area contributed by atoms with Crippen LogP contribution in [0.15, 0.2) is 42.6 Å². The van der Waals surface area contributed by atoms with Gasteiger partial charge in [0.25, 0.3) is 5.91 Å². The molecule has 1 N–H and O–H groups in total. The highest BCUT2D eigenvalue weighted by Gasteiger charge is 2.27. The summed E-state index contributed by atoms with van der Waals surface area (Å²) in [6, 6.07) is 12.2. The number of para-hydroxylation sites is 1. The Hall–Kier alpha value is -1.85. The summed E-state index contributed by atoms with van der Waals surface area (Å²) >= 11 is 0. The smallest absolute Gasteiger partial charge is 0.278 e. The maximum Gasteiger partial charge on any atom is 0.278 e. The highest BCUT2D eigenvalue weighted by Crippen LogP contribution is 2.29. The molecule has 0 spiro atoms. The lowest BCUT2D eigenvalue weighted by Gasteiger charge is -2.32. The number of carbonyl (C=O) groups is 1. The molecule has 1 saturated heterocycles. The van der Waals surface area contributed by atoms with Crippen LogP contribution in [-0.2, 0) is 0 Å². The largest absolute Gasteiger partial charge is 0.315 e. The number of anilines is 1. The molecule has 1 aromatic heterocycles. The van der Waals surface area contributed by atoms with E-state index in [4.69, 9.17) is 0 Å². The van der Waals surface area contributed by atoms with E-state index in [9.17, 15) is 4.79 Å². The fourth-order valence-electron chi connectivity index (χ4n) is 3.70. The number of halogens is 1. The first-order chi connectivity index (χ1) is 12.3. The molecule has 0 bridgehead atoms. The third-order valence-corrected chi connectivity index (χ3v) is 5.45. The number of hydrogen-bond donors (Lipinski definition) is 1. The van der Waals surface area contributed by atoms with Crippen LogP contribution < -0.4 is 10.2 Å². The van der Waals surface area contributed by atoms with E-state index >= 15 is 0 Å². The van der Waals surface area contributed by atoms with Crippen molar-refractivity contribution in [3.05, 3.63) is 48.3 Å². The zero-order valence-corrected chi connectivity index (χ0v) is 15.8. The highest BCUT2D eigenvalue weighted by molar-refractivity contribution is 6.04. The van der Waals surface area contributed by atoms with Crippen LogP contribution in [0, 0.1) is 5.92 Å². The van der Waals surface area contributed by atoms with Crippen molar-refractivity contribution in [3.8, 4) is 0 Å². The lowest BCUT2D eigenvalue weighted by atomic mass is 9.85. The van der Waals surface area contributed by atoms with Gasteiger partial charge in [0, 0.05) is 25.0 Å². The van der Waals surface area contributed by atoms with Crippen LogP contribution in [-0.4, -0.2) is 35.3 Å². The Labute approximate surface area is 161 Å². The Balaban J connectivity index is 0.00000196. The van der Waals surface area contributed by atoms with Gasteiger partial charge in [0.15, 0.2) is 5.69 Å². The van der Waals surface area contributed by atoms with Crippen molar-refractivity contribution in [1.82, 2.24) is 15.1 Å². The number of nitrogens with one attached hydrogen (secondary N) is 1. The summed E-state index contributed by atoms with van der Waals surface area (Å²) in [6.45, 7) is 2.80. The van der Waals surface area contributed by atoms with Crippen molar-refractivity contribution in [2.75, 3.05) is 24.5 Å². The topological polar surface area (TPSA) is 50.2 Å². The van der Waals surface area contributed by atoms with Gasteiger partial charge in [0.2, 0.25) is 0 Å². The normalized spacial score (nSPS) is 20.1. The van der Waals surface area contributed by atoms with E-state index in [-0.39, 0.29) is 18.3 Å². The molecule has 5 nitrogen and oxygen atoms in total. The molecule has 2 aliphatic rings. The molecule has 2 aromatic rings. The summed E-state index contributed by atoms with van der Waals surface area (Å²) in [5, 5.41) is 8.02. The Morgan fingerprint density at radius 2 is 1.96 bits per heavy atom. The van der Waals surface area contributed by atoms with Crippen molar-refractivity contribution in [3.63, 3.8) is 0 Å². The maximum absolute atomic E-state index is 13.2. The summed E-state index contributed by atoms with van der Waals surface area (Å²) in [6.07, 6.45) is 7.96. The van der Waals surface area contributed by atoms with Gasteiger partial charge in [-0.25, -0.2) is 0 Å². The molecule has 2 fully saturated rings. The quantitative estimate of drug-likeness (QED) is 0.868. The molecule has 140 valence electrons. The van der Waals surface area contributed by atoms with Crippen LogP contribution in [0.5, 0.6) is 0 Å². The Kier molecular flexibility index (Phi) is 6.33. The predicted molar refractivity (Wildman–Crippen MR) is 106 cm³/mol. The number of rotatable bonds is 5. The highest BCUT2D eigenvalue weighted by atomic mass is 35.5. The average Bonchev–Trinajstić information content (AvgIpc) is 3.12. The van der Waals surface area contributed by atoms with Crippen LogP contribution >= 0.6 is 12.4 Å². The molecule has 0 radical (unpaired) electrons. The lowest BCUT2D eigenvalue weighted by molar-refractivity contribution is 0.0971. The van der Waals surface area contributed by atoms with E-state index < -0.39 is 0 Å². The molecule has 1 aromatic carbocycles. The number of nitrogens with zero attached hydrogens (tertiary/aromatic N) is 3. The Bertz CT molecular complexity index is 708. The number of amides is 1. The second kappa shape index (κ2) is 8.69. The van der Waals surface area contributed by atoms with E-state index in [0.29, 0.717) is 17.7 Å². The molecule has 26 heavy (non-hydrogen) atoms. The first-order valence-corrected chi connectivity index (χ1v) is 9.44. The second-order valence-electron chi connectivity index (χ2n) is 7.23. The van der Waals surface area contributed by atoms with Crippen molar-refractivity contribution < 1.29 is 4.79 Å². The van der Waals surface area contributed by atoms with Crippen molar-refractivity contribution in [1.29, 1.82) is 0 Å². The van der Waals surface area contributed by atoms with Gasteiger partial charge in [0.05, 0.1) is 6.04 Å². The molecule has 1 aliphatic heterocycles. The molecule has 1 unspecified atom stereocenters. The first kappa shape index (κ1) is 18.9. The molecule has 6 heteroatoms. The number of benzene rings is 1. The van der Waals surface area contributed by atoms with Crippen molar-refractivity contribution >= 4 is 24.0 Å². The van der Waals surface area contributed by atoms with E-state index in [1.807, 2.05) is 52.2 Å². The SMILES string of the molecule is Cl.O=C(c1ccn(C2CCCNC2)n1)N(CC1CCC1)c1ccccc1. The zero-order valence-electron chi connectivity index (χ0n) is 15.0. The fourth-order valence-corrected chi connectivity index (χ4v) is 3.70. The first-order valence-electron chi connectivity index (χ1n) is 9.44. The summed E-state index contributed by atoms with van der Waals surface area (Å²) in [7, 11) is 0. The van der Waals surface area contributed by atoms with Crippen LogP contribution in [0.3, 0.4) is 0 Å². The fraction of sp³-hybridized carbons (Fsp3) is 0.500. The maximum atomic E-state index is 13.2. The molecule has 1 amide bonds. The van der Waals surface area contributed by atoms with Gasteiger partial charge in [-0.05, 0) is 56.3 Å². The predicted octanol–water partition coefficient (Wildman–Crippen LogP) is 3.68. The van der Waals surface area contributed by atoms with E-state index in [2.05, 4.69) is 10.4 Å². The van der Waals surface area contributed by atoms with Crippen LogP contribution in [0.1, 0.15) is 48.6 Å². The van der Waals surface area contributed by atoms with Gasteiger partial charge in [-0.2, -0.15) is 5.10 Å². The summed E-state index contributed by atoms with van der Waals surface area (Å²) in [5.41, 5.74) is 1.52. The summed E-state index contributed by atoms with van der Waals surface area (Å²) in [5.74, 6) is 0.634. The minimum atomic E-state index is 0. The van der Waals surface area contributed by atoms with Gasteiger partial charge in [-0.3, -0.25) is 9.48 Å². The van der Waals surface area contributed by atoms with Crippen LogP contribution in [0.25, 0.3) is 0 Å². The van der Waals surface area contributed by atoms with Crippen LogP contribution in [0.2, 0.25) is 0 Å². The summed E-state index contributed by atoms with van der Waals surface area (Å²) in [4.78, 5) is 15.1. The molecule has 1 saturated carbocycles. The molecule has 2 heterocycles. The third-order valence-electron chi connectivity index (χ3n) is 5.45. The molecular formula is C20H27ClN4O. The van der Waals surface area contributed by atoms with Gasteiger partial charge >= 0.3 is 0 Å². The lowest BCUT2D eigenvalue weighted by Crippen LogP contribution is -2.38. The minimum Gasteiger partial charge on any atom is -0.315 e. The Morgan fingerprint density at radius 1 is 1.15 bits per heavy atom. The van der Waals surface area contributed by atoms with Gasteiger partial charge in [-0.1, -0.05) is 24.6 Å². The molecule has 1 aliphatic carbocycles. The van der Waals surface area contributed by atoms with E-state index in [1.165, 1.54) is 19.3 Å². The molecular weight excluding hydrogens is 348 g/mol. The van der Waals surface area contributed by atoms with Crippen LogP contribution in [0.4, 0.5) is 5.69 Å². The Morgan fingerprint density at radius 3 is 2.62 bits per heavy atom. The van der Waals surface area contributed by atoms with E-state index in [1.54, 1.807) is 0 Å². The summed E-state index contributed by atoms with van der Waals surface area (Å²) < 4.78 is 1.96. The molecule has 1 atom stereocenters. The van der Waals surface area contributed by atoms with Gasteiger partial charge in [-0.15, -0.1) is 12.4 Å². The number of hydrogen-bond acceptors (Lipinski definition) is 3. The van der Waals surface area contributed by atoms with Crippen molar-refractivity contribution in [2.24, 2.45) is 5.92 Å². The van der Waals surface area contributed by atoms with Gasteiger partial charge < -0.3 is 10.2 Å². The zero-order chi connectivity index (χ0) is 17.1. The number of carbonyl (C=O) groups excluding carboxylic acids is 1. The monoisotopic (exact) mass is 374 g/mol. The van der Waals surface area contributed by atoms with Crippen molar-refractivity contribution in [2.45, 2.75) is 38.1 Å². The average molecular weight is 375 g/mol. The number of aromatic nitrogens is 2. The minimum absolute atomic E-state index is 0. The standard InChI is InChI=1S/C20H26N4O.ClH/c25-20(19-11-13-24(22-19)18-10-5-12-21-14-18)23(15-16-6-4-7-16)17-8-2-1-3-9-17;/h1-3,8-9,11,13,16,18,21H,4-7,10,12,14-15H2;1H.